The number of benzene rings is 3. The van der Waals surface area contributed by atoms with Gasteiger partial charge < -0.3 is 15.3 Å². The van der Waals surface area contributed by atoms with Gasteiger partial charge in [-0.1, -0.05) is 96.8 Å². The Morgan fingerprint density at radius 3 is 0.877 bits per heavy atom. The van der Waals surface area contributed by atoms with Crippen molar-refractivity contribution in [3.05, 3.63) is 118 Å². The summed E-state index contributed by atoms with van der Waals surface area (Å²) in [4.78, 5) is 43.8. The SMILES string of the molecule is Cc1cc(Cn2c(=O)n(Cc3cc(C)c(O)c(C4(C)CCCCC4)c3)c(=O)n(Cc3cc(C)c(O)c(C4(C)CCCCC4)c3)c2=O)cc(C2(C)CCCCC2)c1O. The highest BCUT2D eigenvalue weighted by Crippen LogP contribution is 2.46. The van der Waals surface area contributed by atoms with Crippen LogP contribution in [-0.2, 0) is 35.9 Å². The molecule has 0 radical (unpaired) electrons. The number of aromatic nitrogens is 3. The van der Waals surface area contributed by atoms with Crippen molar-refractivity contribution in [2.24, 2.45) is 0 Å². The second-order valence-corrected chi connectivity index (χ2v) is 18.9. The maximum atomic E-state index is 14.6. The first-order valence-corrected chi connectivity index (χ1v) is 21.5. The van der Waals surface area contributed by atoms with Gasteiger partial charge in [0.1, 0.15) is 17.2 Å². The van der Waals surface area contributed by atoms with Crippen LogP contribution in [0.1, 0.15) is 167 Å². The lowest BCUT2D eigenvalue weighted by molar-refractivity contribution is 0.307. The summed E-state index contributed by atoms with van der Waals surface area (Å²) in [6.45, 7) is 11.9. The van der Waals surface area contributed by atoms with E-state index in [1.165, 1.54) is 0 Å². The number of hydrogen-bond donors (Lipinski definition) is 3. The van der Waals surface area contributed by atoms with Gasteiger partial charge in [0.15, 0.2) is 0 Å². The third-order valence-electron chi connectivity index (χ3n) is 14.3. The Balaban J connectivity index is 1.37. The molecule has 3 aliphatic rings. The van der Waals surface area contributed by atoms with Crippen molar-refractivity contribution >= 4 is 0 Å². The minimum atomic E-state index is -0.703. The first-order valence-electron chi connectivity index (χ1n) is 21.5. The van der Waals surface area contributed by atoms with Gasteiger partial charge in [-0.2, -0.15) is 0 Å². The second kappa shape index (κ2) is 15.7. The van der Waals surface area contributed by atoms with Gasteiger partial charge in [-0.25, -0.2) is 28.1 Å². The van der Waals surface area contributed by atoms with E-state index in [2.05, 4.69) is 20.8 Å². The van der Waals surface area contributed by atoms with Crippen molar-refractivity contribution in [1.82, 2.24) is 13.7 Å². The number of phenols is 3. The molecule has 4 aromatic rings. The Morgan fingerprint density at radius 2 is 0.649 bits per heavy atom. The number of nitrogens with zero attached hydrogens (tertiary/aromatic N) is 3. The van der Waals surface area contributed by atoms with Gasteiger partial charge in [-0.05, 0) is 127 Å². The Morgan fingerprint density at radius 1 is 0.421 bits per heavy atom. The van der Waals surface area contributed by atoms with Crippen LogP contribution in [0.5, 0.6) is 17.2 Å². The maximum Gasteiger partial charge on any atom is 0.336 e. The molecule has 3 N–H and O–H groups in total. The zero-order valence-corrected chi connectivity index (χ0v) is 35.1. The molecule has 1 heterocycles. The summed E-state index contributed by atoms with van der Waals surface area (Å²) in [5, 5.41) is 33.9. The highest BCUT2D eigenvalue weighted by molar-refractivity contribution is 5.49. The fourth-order valence-corrected chi connectivity index (χ4v) is 10.7. The number of hydrogen-bond acceptors (Lipinski definition) is 6. The van der Waals surface area contributed by atoms with Crippen LogP contribution in [0.15, 0.2) is 50.8 Å². The average Bonchev–Trinajstić information content (AvgIpc) is 3.18. The lowest BCUT2D eigenvalue weighted by Crippen LogP contribution is -2.54. The molecule has 3 fully saturated rings. The van der Waals surface area contributed by atoms with Crippen molar-refractivity contribution in [2.45, 2.75) is 174 Å². The summed E-state index contributed by atoms with van der Waals surface area (Å²) in [7, 11) is 0. The second-order valence-electron chi connectivity index (χ2n) is 18.9. The summed E-state index contributed by atoms with van der Waals surface area (Å²) >= 11 is 0. The zero-order valence-electron chi connectivity index (χ0n) is 35.1. The summed E-state index contributed by atoms with van der Waals surface area (Å²) in [6.07, 6.45) is 15.6. The standard InChI is InChI=1S/C48H63N3O6/c1-31-22-34(25-37(40(31)52)46(4)16-10-7-11-17-46)28-49-43(55)50(29-35-23-32(2)41(53)38(26-35)47(5)18-12-8-13-19-47)45(57)51(44(49)56)30-36-24-33(3)42(54)39(27-36)48(6)20-14-9-15-21-48/h22-27,52-54H,7-21,28-30H2,1-6H3. The number of phenolic OH excluding ortho intramolecular Hbond substituents is 3. The fraction of sp³-hybridized carbons (Fsp3) is 0.562. The molecular weight excluding hydrogens is 715 g/mol. The van der Waals surface area contributed by atoms with Crippen LogP contribution in [0.25, 0.3) is 0 Å². The fourth-order valence-electron chi connectivity index (χ4n) is 10.7. The highest BCUT2D eigenvalue weighted by atomic mass is 16.3. The van der Waals surface area contributed by atoms with Gasteiger partial charge in [-0.3, -0.25) is 0 Å². The lowest BCUT2D eigenvalue weighted by atomic mass is 9.70. The topological polar surface area (TPSA) is 127 Å². The molecule has 9 nitrogen and oxygen atoms in total. The van der Waals surface area contributed by atoms with E-state index in [4.69, 9.17) is 0 Å². The van der Waals surface area contributed by atoms with Crippen LogP contribution >= 0.6 is 0 Å². The molecule has 0 saturated heterocycles. The molecule has 0 amide bonds. The first-order chi connectivity index (χ1) is 27.0. The lowest BCUT2D eigenvalue weighted by Gasteiger charge is -2.35. The van der Waals surface area contributed by atoms with Crippen LogP contribution in [-0.4, -0.2) is 29.0 Å². The van der Waals surface area contributed by atoms with E-state index >= 15 is 0 Å². The van der Waals surface area contributed by atoms with E-state index < -0.39 is 17.1 Å². The molecule has 0 aliphatic heterocycles. The van der Waals surface area contributed by atoms with E-state index in [9.17, 15) is 29.7 Å². The maximum absolute atomic E-state index is 14.6. The quantitative estimate of drug-likeness (QED) is 0.156. The van der Waals surface area contributed by atoms with Crippen LogP contribution in [0.4, 0.5) is 0 Å². The Bertz CT molecular complexity index is 2050. The predicted molar refractivity (Wildman–Crippen MR) is 226 cm³/mol. The molecule has 57 heavy (non-hydrogen) atoms. The minimum Gasteiger partial charge on any atom is -0.507 e. The first kappa shape index (κ1) is 40.7. The third kappa shape index (κ3) is 7.75. The third-order valence-corrected chi connectivity index (χ3v) is 14.3. The Labute approximate surface area is 337 Å². The molecule has 0 unspecified atom stereocenters. The van der Waals surface area contributed by atoms with E-state index in [0.29, 0.717) is 33.4 Å². The normalized spacial score (nSPS) is 19.1. The molecule has 1 aromatic heterocycles. The molecule has 0 bridgehead atoms. The summed E-state index contributed by atoms with van der Waals surface area (Å²) in [6, 6.07) is 11.3. The molecule has 7 rings (SSSR count). The van der Waals surface area contributed by atoms with Gasteiger partial charge in [0.05, 0.1) is 19.6 Å². The van der Waals surface area contributed by atoms with Crippen LogP contribution in [0, 0.1) is 20.8 Å². The monoisotopic (exact) mass is 777 g/mol. The average molecular weight is 778 g/mol. The number of aryl methyl sites for hydroxylation is 3. The summed E-state index contributed by atoms with van der Waals surface area (Å²) in [5.41, 5.74) is 3.92. The minimum absolute atomic E-state index is 0.0714. The molecule has 0 atom stereocenters. The summed E-state index contributed by atoms with van der Waals surface area (Å²) < 4.78 is 3.48. The van der Waals surface area contributed by atoms with Crippen molar-refractivity contribution < 1.29 is 15.3 Å². The highest BCUT2D eigenvalue weighted by Gasteiger charge is 2.35. The van der Waals surface area contributed by atoms with Crippen molar-refractivity contribution in [2.75, 3.05) is 0 Å². The Kier molecular flexibility index (Phi) is 11.2. The molecule has 9 heteroatoms. The van der Waals surface area contributed by atoms with Crippen LogP contribution < -0.4 is 17.1 Å². The summed E-state index contributed by atoms with van der Waals surface area (Å²) in [5.74, 6) is 0.773. The molecular formula is C48H63N3O6. The van der Waals surface area contributed by atoms with Gasteiger partial charge in [-0.15, -0.1) is 0 Å². The predicted octanol–water partition coefficient (Wildman–Crippen LogP) is 9.02. The van der Waals surface area contributed by atoms with Crippen molar-refractivity contribution in [1.29, 1.82) is 0 Å². The largest absolute Gasteiger partial charge is 0.507 e. The smallest absolute Gasteiger partial charge is 0.336 e. The van der Waals surface area contributed by atoms with Gasteiger partial charge >= 0.3 is 17.1 Å². The van der Waals surface area contributed by atoms with Crippen LogP contribution in [0.3, 0.4) is 0 Å². The molecule has 0 spiro atoms. The van der Waals surface area contributed by atoms with Crippen LogP contribution in [0.2, 0.25) is 0 Å². The van der Waals surface area contributed by atoms with Crippen molar-refractivity contribution in [3.8, 4) is 17.2 Å². The zero-order chi connectivity index (χ0) is 40.9. The number of aromatic hydroxyl groups is 3. The Hall–Kier alpha value is -4.53. The van der Waals surface area contributed by atoms with E-state index in [1.807, 2.05) is 57.2 Å². The van der Waals surface area contributed by atoms with Gasteiger partial charge in [0.2, 0.25) is 0 Å². The van der Waals surface area contributed by atoms with E-state index in [-0.39, 0.29) is 53.1 Å². The van der Waals surface area contributed by atoms with Gasteiger partial charge in [0, 0.05) is 16.7 Å². The van der Waals surface area contributed by atoms with Crippen molar-refractivity contribution in [3.63, 3.8) is 0 Å². The molecule has 3 saturated carbocycles. The molecule has 3 aromatic carbocycles. The molecule has 306 valence electrons. The van der Waals surface area contributed by atoms with Gasteiger partial charge in [0.25, 0.3) is 0 Å². The molecule has 3 aliphatic carbocycles. The van der Waals surface area contributed by atoms with E-state index in [0.717, 1.165) is 127 Å². The number of rotatable bonds is 9. The van der Waals surface area contributed by atoms with E-state index in [1.54, 1.807) is 0 Å².